The lowest BCUT2D eigenvalue weighted by molar-refractivity contribution is 0.174. The van der Waals surface area contributed by atoms with E-state index in [2.05, 4.69) is 54.0 Å². The van der Waals surface area contributed by atoms with E-state index < -0.39 is 0 Å². The Labute approximate surface area is 164 Å². The van der Waals surface area contributed by atoms with Crippen LogP contribution >= 0.6 is 12.2 Å². The van der Waals surface area contributed by atoms with Crippen molar-refractivity contribution in [3.63, 3.8) is 0 Å². The third kappa shape index (κ3) is 4.04. The summed E-state index contributed by atoms with van der Waals surface area (Å²) in [6.07, 6.45) is 0. The van der Waals surface area contributed by atoms with Gasteiger partial charge in [0.05, 0.1) is 6.04 Å². The van der Waals surface area contributed by atoms with Gasteiger partial charge in [-0.15, -0.1) is 0 Å². The first kappa shape index (κ1) is 17.4. The highest BCUT2D eigenvalue weighted by Gasteiger charge is 2.17. The summed E-state index contributed by atoms with van der Waals surface area (Å²) in [5, 5.41) is 7.22. The summed E-state index contributed by atoms with van der Waals surface area (Å²) in [4.78, 5) is 0. The predicted molar refractivity (Wildman–Crippen MR) is 111 cm³/mol. The molecule has 0 radical (unpaired) electrons. The van der Waals surface area contributed by atoms with Gasteiger partial charge < -0.3 is 20.1 Å². The second-order valence-electron chi connectivity index (χ2n) is 6.42. The second-order valence-corrected chi connectivity index (χ2v) is 6.83. The van der Waals surface area contributed by atoms with E-state index >= 15 is 0 Å². The minimum atomic E-state index is -0.0409. The number of nitrogens with one attached hydrogen (secondary N) is 2. The van der Waals surface area contributed by atoms with Crippen molar-refractivity contribution in [2.45, 2.75) is 13.0 Å². The van der Waals surface area contributed by atoms with E-state index in [0.29, 0.717) is 5.11 Å². The smallest absolute Gasteiger partial charge is 0.231 e. The summed E-state index contributed by atoms with van der Waals surface area (Å²) in [6, 6.07) is 24.4. The molecule has 4 nitrogen and oxygen atoms in total. The Kier molecular flexibility index (Phi) is 4.94. The summed E-state index contributed by atoms with van der Waals surface area (Å²) >= 11 is 5.57. The highest BCUT2D eigenvalue weighted by atomic mass is 32.1. The lowest BCUT2D eigenvalue weighted by Crippen LogP contribution is -2.33. The van der Waals surface area contributed by atoms with Crippen molar-refractivity contribution in [3.05, 3.63) is 89.5 Å². The largest absolute Gasteiger partial charge is 0.454 e. The number of benzene rings is 3. The van der Waals surface area contributed by atoms with Crippen LogP contribution in [0.3, 0.4) is 0 Å². The zero-order valence-electron chi connectivity index (χ0n) is 14.9. The minimum Gasteiger partial charge on any atom is -0.454 e. The molecule has 0 saturated carbocycles. The number of fused-ring (bicyclic) bond motifs is 1. The number of aryl methyl sites for hydroxylation is 1. The van der Waals surface area contributed by atoms with Gasteiger partial charge in [0.1, 0.15) is 0 Å². The Morgan fingerprint density at radius 2 is 1.59 bits per heavy atom. The number of anilines is 1. The van der Waals surface area contributed by atoms with Crippen LogP contribution in [0.15, 0.2) is 72.8 Å². The van der Waals surface area contributed by atoms with Crippen LogP contribution in [0.1, 0.15) is 22.7 Å². The number of thiocarbonyl (C=S) groups is 1. The normalized spacial score (nSPS) is 13.1. The first-order valence-electron chi connectivity index (χ1n) is 8.78. The Bertz CT molecular complexity index is 942. The number of hydrogen-bond acceptors (Lipinski definition) is 3. The lowest BCUT2D eigenvalue weighted by Gasteiger charge is -2.22. The van der Waals surface area contributed by atoms with Crippen molar-refractivity contribution in [3.8, 4) is 11.5 Å². The van der Waals surface area contributed by atoms with E-state index in [9.17, 15) is 0 Å². The molecule has 0 bridgehead atoms. The summed E-state index contributed by atoms with van der Waals surface area (Å²) in [5.74, 6) is 1.47. The van der Waals surface area contributed by atoms with Crippen molar-refractivity contribution in [1.29, 1.82) is 0 Å². The highest BCUT2D eigenvalue weighted by Crippen LogP contribution is 2.34. The average molecular weight is 376 g/mol. The van der Waals surface area contributed by atoms with Crippen LogP contribution in [0, 0.1) is 6.92 Å². The van der Waals surface area contributed by atoms with Crippen molar-refractivity contribution in [1.82, 2.24) is 5.32 Å². The molecule has 2 N–H and O–H groups in total. The molecule has 0 aromatic heterocycles. The molecule has 136 valence electrons. The molecule has 0 aliphatic carbocycles. The van der Waals surface area contributed by atoms with Crippen LogP contribution in [-0.4, -0.2) is 11.9 Å². The molecule has 0 fully saturated rings. The molecule has 3 aromatic carbocycles. The van der Waals surface area contributed by atoms with E-state index in [4.69, 9.17) is 21.7 Å². The quantitative estimate of drug-likeness (QED) is 0.640. The van der Waals surface area contributed by atoms with Gasteiger partial charge in [-0.05, 0) is 42.4 Å². The van der Waals surface area contributed by atoms with Crippen LogP contribution in [0.5, 0.6) is 11.5 Å². The van der Waals surface area contributed by atoms with Crippen molar-refractivity contribution in [2.75, 3.05) is 12.1 Å². The van der Waals surface area contributed by atoms with Crippen LogP contribution in [-0.2, 0) is 0 Å². The molecule has 1 aliphatic heterocycles. The van der Waals surface area contributed by atoms with E-state index in [1.165, 1.54) is 5.56 Å². The van der Waals surface area contributed by atoms with Crippen LogP contribution < -0.4 is 20.1 Å². The van der Waals surface area contributed by atoms with Gasteiger partial charge in [0, 0.05) is 11.8 Å². The molecule has 1 heterocycles. The molecule has 3 aromatic rings. The fourth-order valence-electron chi connectivity index (χ4n) is 3.04. The van der Waals surface area contributed by atoms with Gasteiger partial charge in [-0.25, -0.2) is 0 Å². The summed E-state index contributed by atoms with van der Waals surface area (Å²) in [6.45, 7) is 2.34. The maximum atomic E-state index is 5.57. The first-order chi connectivity index (χ1) is 13.2. The lowest BCUT2D eigenvalue weighted by atomic mass is 9.98. The van der Waals surface area contributed by atoms with Gasteiger partial charge in [0.2, 0.25) is 6.79 Å². The van der Waals surface area contributed by atoms with Gasteiger partial charge >= 0.3 is 0 Å². The van der Waals surface area contributed by atoms with Crippen LogP contribution in [0.4, 0.5) is 5.69 Å². The molecule has 5 heteroatoms. The highest BCUT2D eigenvalue weighted by molar-refractivity contribution is 7.80. The molecule has 1 aliphatic rings. The molecule has 0 spiro atoms. The van der Waals surface area contributed by atoms with E-state index in [0.717, 1.165) is 28.3 Å². The zero-order chi connectivity index (χ0) is 18.6. The standard InChI is InChI=1S/C22H20N2O2S/c1-15-7-9-17(10-8-15)21(16-5-3-2-4-6-16)24-22(27)23-18-11-12-19-20(13-18)26-14-25-19/h2-13,21H,14H2,1H3,(H2,23,24,27)/t21-/m1/s1. The zero-order valence-corrected chi connectivity index (χ0v) is 15.8. The van der Waals surface area contributed by atoms with Gasteiger partial charge in [-0.1, -0.05) is 60.2 Å². The molecule has 1 atom stereocenters. The number of ether oxygens (including phenoxy) is 2. The maximum Gasteiger partial charge on any atom is 0.231 e. The van der Waals surface area contributed by atoms with Gasteiger partial charge in [-0.3, -0.25) is 0 Å². The Morgan fingerprint density at radius 3 is 2.37 bits per heavy atom. The SMILES string of the molecule is Cc1ccc([C@H](NC(=S)Nc2ccc3c(c2)OCO3)c2ccccc2)cc1. The fourth-order valence-corrected chi connectivity index (χ4v) is 3.27. The number of rotatable bonds is 4. The molecule has 0 amide bonds. The molecule has 4 rings (SSSR count). The third-order valence-electron chi connectivity index (χ3n) is 4.45. The van der Waals surface area contributed by atoms with E-state index in [1.54, 1.807) is 0 Å². The average Bonchev–Trinajstić information content (AvgIpc) is 3.15. The molecular formula is C22H20N2O2S. The Balaban J connectivity index is 1.54. The van der Waals surface area contributed by atoms with Crippen LogP contribution in [0.2, 0.25) is 0 Å². The summed E-state index contributed by atoms with van der Waals surface area (Å²) < 4.78 is 10.8. The maximum absolute atomic E-state index is 5.57. The molecule has 0 saturated heterocycles. The van der Waals surface area contributed by atoms with Gasteiger partial charge in [-0.2, -0.15) is 0 Å². The topological polar surface area (TPSA) is 42.5 Å². The van der Waals surface area contributed by atoms with E-state index in [1.807, 2.05) is 36.4 Å². The molecular weight excluding hydrogens is 356 g/mol. The van der Waals surface area contributed by atoms with Crippen LogP contribution in [0.25, 0.3) is 0 Å². The predicted octanol–water partition coefficient (Wildman–Crippen LogP) is 4.80. The first-order valence-corrected chi connectivity index (χ1v) is 9.18. The monoisotopic (exact) mass is 376 g/mol. The van der Waals surface area contributed by atoms with Crippen molar-refractivity contribution < 1.29 is 9.47 Å². The summed E-state index contributed by atoms with van der Waals surface area (Å²) in [7, 11) is 0. The Hall–Kier alpha value is -3.05. The fraction of sp³-hybridized carbons (Fsp3) is 0.136. The minimum absolute atomic E-state index is 0.0409. The molecule has 27 heavy (non-hydrogen) atoms. The number of hydrogen-bond donors (Lipinski definition) is 2. The summed E-state index contributed by atoms with van der Waals surface area (Å²) in [5.41, 5.74) is 4.39. The van der Waals surface area contributed by atoms with Gasteiger partial charge in [0.25, 0.3) is 0 Å². The van der Waals surface area contributed by atoms with Crippen molar-refractivity contribution in [2.24, 2.45) is 0 Å². The Morgan fingerprint density at radius 1 is 0.889 bits per heavy atom. The van der Waals surface area contributed by atoms with Gasteiger partial charge in [0.15, 0.2) is 16.6 Å². The van der Waals surface area contributed by atoms with Crippen molar-refractivity contribution >= 4 is 23.0 Å². The second kappa shape index (κ2) is 7.68. The third-order valence-corrected chi connectivity index (χ3v) is 4.67. The molecule has 0 unspecified atom stereocenters. The van der Waals surface area contributed by atoms with E-state index in [-0.39, 0.29) is 12.8 Å².